The van der Waals surface area contributed by atoms with Crippen molar-refractivity contribution in [3.05, 3.63) is 71.4 Å². The van der Waals surface area contributed by atoms with E-state index in [0.717, 1.165) is 27.1 Å². The minimum atomic E-state index is -5.33. The molecular formula is C30H31F3N4O7. The maximum atomic E-state index is 13.1. The number of nitrogens with zero attached hydrogens (tertiary/aromatic N) is 2. The van der Waals surface area contributed by atoms with E-state index >= 15 is 0 Å². The lowest BCUT2D eigenvalue weighted by Gasteiger charge is -2.24. The Bertz CT molecular complexity index is 1550. The van der Waals surface area contributed by atoms with Crippen LogP contribution >= 0.6 is 0 Å². The number of halogens is 3. The molecular weight excluding hydrogens is 585 g/mol. The van der Waals surface area contributed by atoms with E-state index < -0.39 is 47.6 Å². The minimum Gasteiger partial charge on any atom is -0.489 e. The monoisotopic (exact) mass is 616 g/mol. The van der Waals surface area contributed by atoms with Crippen LogP contribution in [0.4, 0.5) is 18.0 Å². The van der Waals surface area contributed by atoms with Gasteiger partial charge in [-0.2, -0.15) is 18.7 Å². The molecule has 0 aliphatic carbocycles. The number of fused-ring (bicyclic) bond motifs is 1. The maximum Gasteiger partial charge on any atom is 0.493 e. The third-order valence-electron chi connectivity index (χ3n) is 6.54. The SMILES string of the molecule is Cc1cc(COc2ccc(C(=O)NC3CN(C(=O)OC(C)(C)C)CC3C(=O)NOC(=O)C(F)(F)F)cc2)c2ccccc2n1. The fourth-order valence-electron chi connectivity index (χ4n) is 4.55. The zero-order valence-corrected chi connectivity index (χ0v) is 24.4. The molecule has 0 radical (unpaired) electrons. The molecule has 1 saturated heterocycles. The molecule has 14 heteroatoms. The lowest BCUT2D eigenvalue weighted by Crippen LogP contribution is -2.47. The molecule has 1 fully saturated rings. The fraction of sp³-hybridized carbons (Fsp3) is 0.367. The van der Waals surface area contributed by atoms with E-state index in [1.807, 2.05) is 37.3 Å². The molecule has 3 amide bonds. The van der Waals surface area contributed by atoms with E-state index in [0.29, 0.717) is 5.75 Å². The molecule has 2 N–H and O–H groups in total. The number of hydrogen-bond acceptors (Lipinski definition) is 8. The number of hydroxylamine groups is 1. The third kappa shape index (κ3) is 8.14. The van der Waals surface area contributed by atoms with Crippen molar-refractivity contribution < 1.29 is 46.7 Å². The Morgan fingerprint density at radius 3 is 2.34 bits per heavy atom. The molecule has 1 aliphatic heterocycles. The standard InChI is InChI=1S/C30H31F3N4O7/c1-17-13-19(21-7-5-6-8-23(21)34-17)16-42-20-11-9-18(10-12-20)25(38)35-24-15-37(28(41)43-29(2,3)4)14-22(24)26(39)36-44-27(40)30(31,32)33/h5-13,22,24H,14-16H2,1-4H3,(H,35,38)(H,36,39). The van der Waals surface area contributed by atoms with Gasteiger partial charge in [0.25, 0.3) is 11.8 Å². The van der Waals surface area contributed by atoms with Crippen LogP contribution in [0.3, 0.4) is 0 Å². The predicted molar refractivity (Wildman–Crippen MR) is 150 cm³/mol. The van der Waals surface area contributed by atoms with Gasteiger partial charge in [-0.25, -0.2) is 9.59 Å². The molecule has 1 aliphatic rings. The zero-order chi connectivity index (χ0) is 32.2. The smallest absolute Gasteiger partial charge is 0.489 e. The summed E-state index contributed by atoms with van der Waals surface area (Å²) < 4.78 is 48.8. The Morgan fingerprint density at radius 2 is 1.68 bits per heavy atom. The minimum absolute atomic E-state index is 0.188. The van der Waals surface area contributed by atoms with Crippen molar-refractivity contribution in [3.8, 4) is 5.75 Å². The first-order valence-corrected chi connectivity index (χ1v) is 13.6. The Labute approximate surface area is 250 Å². The van der Waals surface area contributed by atoms with Crippen LogP contribution in [0.1, 0.15) is 42.4 Å². The first kappa shape index (κ1) is 32.0. The lowest BCUT2D eigenvalue weighted by molar-refractivity contribution is -0.207. The zero-order valence-electron chi connectivity index (χ0n) is 24.4. The second kappa shape index (κ2) is 12.8. The van der Waals surface area contributed by atoms with Crippen molar-refractivity contribution in [2.75, 3.05) is 13.1 Å². The number of aryl methyl sites for hydroxylation is 1. The number of carbonyl (C=O) groups excluding carboxylic acids is 4. The summed E-state index contributed by atoms with van der Waals surface area (Å²) in [6, 6.07) is 14.8. The van der Waals surface area contributed by atoms with Crippen molar-refractivity contribution in [3.63, 3.8) is 0 Å². The fourth-order valence-corrected chi connectivity index (χ4v) is 4.55. The largest absolute Gasteiger partial charge is 0.493 e. The molecule has 2 aromatic carbocycles. The summed E-state index contributed by atoms with van der Waals surface area (Å²) in [7, 11) is 0. The van der Waals surface area contributed by atoms with Crippen LogP contribution in [0.5, 0.6) is 5.75 Å². The average molecular weight is 617 g/mol. The highest BCUT2D eigenvalue weighted by atomic mass is 19.4. The first-order chi connectivity index (χ1) is 20.6. The highest BCUT2D eigenvalue weighted by molar-refractivity contribution is 5.95. The van der Waals surface area contributed by atoms with Crippen LogP contribution in [0, 0.1) is 12.8 Å². The molecule has 2 atom stereocenters. The number of carbonyl (C=O) groups is 4. The Hall–Kier alpha value is -4.88. The topological polar surface area (TPSA) is 136 Å². The molecule has 0 saturated carbocycles. The van der Waals surface area contributed by atoms with Crippen LogP contribution in [0.15, 0.2) is 54.6 Å². The van der Waals surface area contributed by atoms with Gasteiger partial charge in [0.1, 0.15) is 18.0 Å². The van der Waals surface area contributed by atoms with E-state index in [2.05, 4.69) is 15.1 Å². The van der Waals surface area contributed by atoms with Crippen molar-refractivity contribution >= 4 is 34.8 Å². The molecule has 44 heavy (non-hydrogen) atoms. The van der Waals surface area contributed by atoms with Gasteiger partial charge in [0.2, 0.25) is 0 Å². The van der Waals surface area contributed by atoms with E-state index in [1.165, 1.54) is 17.6 Å². The molecule has 1 aromatic heterocycles. The number of para-hydroxylation sites is 1. The van der Waals surface area contributed by atoms with Gasteiger partial charge in [0, 0.05) is 35.3 Å². The third-order valence-corrected chi connectivity index (χ3v) is 6.54. The molecule has 2 unspecified atom stereocenters. The van der Waals surface area contributed by atoms with E-state index in [-0.39, 0.29) is 25.3 Å². The van der Waals surface area contributed by atoms with E-state index in [1.54, 1.807) is 32.9 Å². The van der Waals surface area contributed by atoms with Gasteiger partial charge in [0.15, 0.2) is 0 Å². The van der Waals surface area contributed by atoms with Crippen molar-refractivity contribution in [1.82, 2.24) is 20.7 Å². The summed E-state index contributed by atoms with van der Waals surface area (Å²) in [5, 5.41) is 3.59. The predicted octanol–water partition coefficient (Wildman–Crippen LogP) is 4.22. The number of amides is 3. The maximum absolute atomic E-state index is 13.1. The second-order valence-electron chi connectivity index (χ2n) is 11.2. The van der Waals surface area contributed by atoms with Crippen LogP contribution in [-0.2, 0) is 25.8 Å². The molecule has 0 bridgehead atoms. The van der Waals surface area contributed by atoms with Crippen molar-refractivity contribution in [2.45, 2.75) is 52.1 Å². The molecule has 3 aromatic rings. The molecule has 2 heterocycles. The summed E-state index contributed by atoms with van der Waals surface area (Å²) >= 11 is 0. The van der Waals surface area contributed by atoms with Crippen molar-refractivity contribution in [1.29, 1.82) is 0 Å². The number of benzene rings is 2. The van der Waals surface area contributed by atoms with Gasteiger partial charge in [-0.05, 0) is 64.1 Å². The summed E-state index contributed by atoms with van der Waals surface area (Å²) in [4.78, 5) is 59.0. The normalized spacial score (nSPS) is 16.8. The molecule has 11 nitrogen and oxygen atoms in total. The highest BCUT2D eigenvalue weighted by Crippen LogP contribution is 2.24. The molecule has 234 valence electrons. The lowest BCUT2D eigenvalue weighted by atomic mass is 10.0. The van der Waals surface area contributed by atoms with Gasteiger partial charge in [-0.15, -0.1) is 0 Å². The average Bonchev–Trinajstić information content (AvgIpc) is 3.37. The van der Waals surface area contributed by atoms with Crippen LogP contribution in [-0.4, -0.2) is 64.7 Å². The van der Waals surface area contributed by atoms with Crippen LogP contribution in [0.2, 0.25) is 0 Å². The number of alkyl halides is 3. The van der Waals surface area contributed by atoms with Crippen LogP contribution in [0.25, 0.3) is 10.9 Å². The number of ether oxygens (including phenoxy) is 2. The Morgan fingerprint density at radius 1 is 1.00 bits per heavy atom. The summed E-state index contributed by atoms with van der Waals surface area (Å²) in [6.45, 7) is 6.55. The van der Waals surface area contributed by atoms with Gasteiger partial charge in [-0.3, -0.25) is 14.6 Å². The summed E-state index contributed by atoms with van der Waals surface area (Å²) in [5.74, 6) is -5.15. The Balaban J connectivity index is 1.42. The van der Waals surface area contributed by atoms with Gasteiger partial charge in [-0.1, -0.05) is 18.2 Å². The molecule has 0 spiro atoms. The number of likely N-dealkylation sites (tertiary alicyclic amines) is 1. The molecule has 4 rings (SSSR count). The van der Waals surface area contributed by atoms with Crippen molar-refractivity contribution in [2.24, 2.45) is 5.92 Å². The quantitative estimate of drug-likeness (QED) is 0.393. The van der Waals surface area contributed by atoms with E-state index in [9.17, 15) is 32.3 Å². The number of aromatic nitrogens is 1. The van der Waals surface area contributed by atoms with E-state index in [4.69, 9.17) is 9.47 Å². The first-order valence-electron chi connectivity index (χ1n) is 13.6. The second-order valence-corrected chi connectivity index (χ2v) is 11.2. The number of hydrogen-bond donors (Lipinski definition) is 2. The van der Waals surface area contributed by atoms with Gasteiger partial charge < -0.3 is 24.5 Å². The van der Waals surface area contributed by atoms with Crippen LogP contribution < -0.4 is 15.5 Å². The number of rotatable bonds is 6. The van der Waals surface area contributed by atoms with Gasteiger partial charge >= 0.3 is 18.2 Å². The highest BCUT2D eigenvalue weighted by Gasteiger charge is 2.45. The number of nitrogens with one attached hydrogen (secondary N) is 2. The summed E-state index contributed by atoms with van der Waals surface area (Å²) in [6.07, 6.45) is -6.13. The van der Waals surface area contributed by atoms with Gasteiger partial charge in [0.05, 0.1) is 17.5 Å². The summed E-state index contributed by atoms with van der Waals surface area (Å²) in [5.41, 5.74) is 3.43. The Kier molecular flexibility index (Phi) is 9.30. The number of pyridine rings is 1.